The third-order valence-electron chi connectivity index (χ3n) is 7.97. The number of thiophene rings is 1. The first-order valence-electron chi connectivity index (χ1n) is 16.2. The number of aliphatic hydroxyl groups excluding tert-OH is 1. The fraction of sp³-hybridized carbons (Fsp3) is 0.342. The van der Waals surface area contributed by atoms with Gasteiger partial charge >= 0.3 is 0 Å². The predicted molar refractivity (Wildman–Crippen MR) is 186 cm³/mol. The fourth-order valence-corrected chi connectivity index (χ4v) is 6.59. The van der Waals surface area contributed by atoms with Crippen molar-refractivity contribution in [2.24, 2.45) is 5.73 Å². The standard InChI is InChI=1S/C38H43F2N3O4S/c1-5-12-42(13-6-2)37(46)29-14-24(3)15-30(20-29)38(47)43(23-34(45)33(41)19-27-17-31(39)21-32(40)18-27)22-26-8-7-9-28(16-26)36-11-10-35(48-36)25(4)44/h7-11,14-18,20-21,33-34,45H,5-6,12-13,19,22-23,41H2,1-4H3/t33-,34+/m0/s1. The Labute approximate surface area is 285 Å². The van der Waals surface area contributed by atoms with Gasteiger partial charge in [-0.15, -0.1) is 11.3 Å². The van der Waals surface area contributed by atoms with E-state index in [4.69, 9.17) is 5.73 Å². The average molecular weight is 676 g/mol. The molecule has 0 unspecified atom stereocenters. The molecule has 0 fully saturated rings. The lowest BCUT2D eigenvalue weighted by Crippen LogP contribution is -2.46. The van der Waals surface area contributed by atoms with E-state index in [1.54, 1.807) is 29.2 Å². The first kappa shape index (κ1) is 36.6. The second kappa shape index (κ2) is 16.7. The van der Waals surface area contributed by atoms with Crippen LogP contribution in [0, 0.1) is 18.6 Å². The van der Waals surface area contributed by atoms with E-state index in [9.17, 15) is 28.3 Å². The van der Waals surface area contributed by atoms with E-state index in [1.165, 1.54) is 23.2 Å². The molecule has 0 radical (unpaired) electrons. The molecule has 0 spiro atoms. The summed E-state index contributed by atoms with van der Waals surface area (Å²) in [5.41, 5.74) is 9.70. The van der Waals surface area contributed by atoms with Gasteiger partial charge in [0.15, 0.2) is 5.78 Å². The van der Waals surface area contributed by atoms with Gasteiger partial charge in [-0.1, -0.05) is 32.0 Å². The van der Waals surface area contributed by atoms with Crippen LogP contribution in [-0.2, 0) is 13.0 Å². The number of carbonyl (C=O) groups is 3. The molecule has 0 bridgehead atoms. The van der Waals surface area contributed by atoms with Crippen molar-refractivity contribution in [3.05, 3.63) is 117 Å². The summed E-state index contributed by atoms with van der Waals surface area (Å²) < 4.78 is 27.7. The van der Waals surface area contributed by atoms with Crippen molar-refractivity contribution in [1.82, 2.24) is 9.80 Å². The van der Waals surface area contributed by atoms with E-state index in [0.29, 0.717) is 29.1 Å². The largest absolute Gasteiger partial charge is 0.390 e. The van der Waals surface area contributed by atoms with Crippen LogP contribution in [0.3, 0.4) is 0 Å². The number of rotatable bonds is 15. The van der Waals surface area contributed by atoms with Crippen LogP contribution in [0.15, 0.2) is 72.8 Å². The van der Waals surface area contributed by atoms with Crippen molar-refractivity contribution in [3.63, 3.8) is 0 Å². The Kier molecular flexibility index (Phi) is 12.7. The van der Waals surface area contributed by atoms with Gasteiger partial charge in [0, 0.05) is 54.3 Å². The molecule has 3 aromatic carbocycles. The van der Waals surface area contributed by atoms with Crippen molar-refractivity contribution in [1.29, 1.82) is 0 Å². The Morgan fingerprint density at radius 1 is 0.833 bits per heavy atom. The molecule has 2 atom stereocenters. The number of ketones is 1. The quantitative estimate of drug-likeness (QED) is 0.132. The molecule has 2 amide bonds. The Hall–Kier alpha value is -4.25. The van der Waals surface area contributed by atoms with Crippen molar-refractivity contribution in [3.8, 4) is 10.4 Å². The molecule has 254 valence electrons. The third-order valence-corrected chi connectivity index (χ3v) is 9.20. The molecule has 3 N–H and O–H groups in total. The van der Waals surface area contributed by atoms with Crippen LogP contribution in [0.2, 0.25) is 0 Å². The number of nitrogens with zero attached hydrogens (tertiary/aromatic N) is 2. The summed E-state index contributed by atoms with van der Waals surface area (Å²) in [6.45, 7) is 8.49. The Bertz CT molecular complexity index is 1730. The number of nitrogens with two attached hydrogens (primary N) is 1. The van der Waals surface area contributed by atoms with Crippen LogP contribution in [0.4, 0.5) is 8.78 Å². The van der Waals surface area contributed by atoms with Crippen LogP contribution in [0.25, 0.3) is 10.4 Å². The number of hydrogen-bond donors (Lipinski definition) is 2. The van der Waals surface area contributed by atoms with Crippen molar-refractivity contribution < 1.29 is 28.3 Å². The Morgan fingerprint density at radius 3 is 2.04 bits per heavy atom. The van der Waals surface area contributed by atoms with Crippen LogP contribution in [-0.4, -0.2) is 64.3 Å². The number of halogens is 2. The summed E-state index contributed by atoms with van der Waals surface area (Å²) >= 11 is 1.38. The normalized spacial score (nSPS) is 12.4. The highest BCUT2D eigenvalue weighted by Crippen LogP contribution is 2.29. The number of amides is 2. The van der Waals surface area contributed by atoms with Crippen LogP contribution < -0.4 is 5.73 Å². The first-order valence-corrected chi connectivity index (χ1v) is 17.0. The first-order chi connectivity index (χ1) is 22.9. The van der Waals surface area contributed by atoms with E-state index in [2.05, 4.69) is 0 Å². The molecular formula is C38H43F2N3O4S. The SMILES string of the molecule is CCCN(CCC)C(=O)c1cc(C)cc(C(=O)N(Cc2cccc(-c3ccc(C(C)=O)s3)c2)C[C@@H](O)[C@@H](N)Cc2cc(F)cc(F)c2)c1. The van der Waals surface area contributed by atoms with E-state index >= 15 is 0 Å². The summed E-state index contributed by atoms with van der Waals surface area (Å²) in [4.78, 5) is 44.4. The van der Waals surface area contributed by atoms with Crippen LogP contribution in [0.5, 0.6) is 0 Å². The zero-order chi connectivity index (χ0) is 35.0. The van der Waals surface area contributed by atoms with Gasteiger partial charge in [0.05, 0.1) is 11.0 Å². The number of aliphatic hydroxyl groups is 1. The van der Waals surface area contributed by atoms with Crippen molar-refractivity contribution >= 4 is 28.9 Å². The van der Waals surface area contributed by atoms with E-state index in [0.717, 1.165) is 52.6 Å². The Balaban J connectivity index is 1.66. The topological polar surface area (TPSA) is 104 Å². The summed E-state index contributed by atoms with van der Waals surface area (Å²) in [7, 11) is 0. The number of Topliss-reactive ketones (excluding diaryl/α,β-unsaturated/α-hetero) is 1. The minimum atomic E-state index is -1.24. The summed E-state index contributed by atoms with van der Waals surface area (Å²) in [5.74, 6) is -2.07. The summed E-state index contributed by atoms with van der Waals surface area (Å²) in [5, 5.41) is 11.2. The maximum Gasteiger partial charge on any atom is 0.254 e. The van der Waals surface area contributed by atoms with Crippen LogP contribution in [0.1, 0.15) is 80.7 Å². The molecule has 1 aromatic heterocycles. The zero-order valence-electron chi connectivity index (χ0n) is 27.8. The maximum atomic E-state index is 14.3. The highest BCUT2D eigenvalue weighted by molar-refractivity contribution is 7.17. The highest BCUT2D eigenvalue weighted by Gasteiger charge is 2.26. The molecule has 0 aliphatic carbocycles. The number of benzene rings is 3. The van der Waals surface area contributed by atoms with E-state index in [1.807, 2.05) is 51.1 Å². The van der Waals surface area contributed by atoms with Crippen molar-refractivity contribution in [2.45, 2.75) is 65.6 Å². The summed E-state index contributed by atoms with van der Waals surface area (Å²) in [6, 6.07) is 18.5. The Morgan fingerprint density at radius 2 is 1.46 bits per heavy atom. The number of hydrogen-bond acceptors (Lipinski definition) is 6. The predicted octanol–water partition coefficient (Wildman–Crippen LogP) is 7.04. The molecular weight excluding hydrogens is 632 g/mol. The van der Waals surface area contributed by atoms with Crippen molar-refractivity contribution in [2.75, 3.05) is 19.6 Å². The molecule has 7 nitrogen and oxygen atoms in total. The van der Waals surface area contributed by atoms with Gasteiger partial charge in [-0.3, -0.25) is 14.4 Å². The van der Waals surface area contributed by atoms with Gasteiger partial charge in [0.1, 0.15) is 11.6 Å². The second-order valence-corrected chi connectivity index (χ2v) is 13.3. The number of carbonyl (C=O) groups excluding carboxylic acids is 3. The number of aryl methyl sites for hydroxylation is 1. The molecule has 4 aromatic rings. The zero-order valence-corrected chi connectivity index (χ0v) is 28.7. The molecule has 48 heavy (non-hydrogen) atoms. The lowest BCUT2D eigenvalue weighted by Gasteiger charge is -2.29. The van der Waals surface area contributed by atoms with Gasteiger partial charge < -0.3 is 20.6 Å². The molecule has 10 heteroatoms. The van der Waals surface area contributed by atoms with Gasteiger partial charge in [-0.2, -0.15) is 0 Å². The lowest BCUT2D eigenvalue weighted by molar-refractivity contribution is 0.0554. The van der Waals surface area contributed by atoms with Gasteiger partial charge in [0.2, 0.25) is 0 Å². The van der Waals surface area contributed by atoms with Gasteiger partial charge in [-0.05, 0) is 104 Å². The monoisotopic (exact) mass is 675 g/mol. The second-order valence-electron chi connectivity index (χ2n) is 12.2. The van der Waals surface area contributed by atoms with Crippen LogP contribution >= 0.6 is 11.3 Å². The smallest absolute Gasteiger partial charge is 0.254 e. The third kappa shape index (κ3) is 9.65. The van der Waals surface area contributed by atoms with E-state index < -0.39 is 29.7 Å². The molecule has 4 rings (SSSR count). The minimum Gasteiger partial charge on any atom is -0.390 e. The molecule has 1 heterocycles. The molecule has 0 aliphatic rings. The average Bonchev–Trinajstić information content (AvgIpc) is 3.54. The van der Waals surface area contributed by atoms with Gasteiger partial charge in [0.25, 0.3) is 11.8 Å². The highest BCUT2D eigenvalue weighted by atomic mass is 32.1. The molecule has 0 saturated carbocycles. The summed E-state index contributed by atoms with van der Waals surface area (Å²) in [6.07, 6.45) is 0.350. The fourth-order valence-electron chi connectivity index (χ4n) is 5.69. The van der Waals surface area contributed by atoms with Gasteiger partial charge in [-0.25, -0.2) is 8.78 Å². The van der Waals surface area contributed by atoms with E-state index in [-0.39, 0.29) is 36.8 Å². The maximum absolute atomic E-state index is 14.3. The molecule has 0 aliphatic heterocycles. The molecule has 0 saturated heterocycles. The minimum absolute atomic E-state index is 0.0159. The lowest BCUT2D eigenvalue weighted by atomic mass is 10.00.